The van der Waals surface area contributed by atoms with E-state index in [0.717, 1.165) is 20.0 Å². The number of fused-ring (bicyclic) bond motifs is 1. The molecule has 0 bridgehead atoms. The highest BCUT2D eigenvalue weighted by Crippen LogP contribution is 2.26. The van der Waals surface area contributed by atoms with E-state index in [-0.39, 0.29) is 0 Å². The van der Waals surface area contributed by atoms with E-state index in [2.05, 4.69) is 55.9 Å². The highest BCUT2D eigenvalue weighted by Gasteiger charge is 2.01. The summed E-state index contributed by atoms with van der Waals surface area (Å²) in [6.07, 6.45) is 0. The Morgan fingerprint density at radius 2 is 1.92 bits per heavy atom. The van der Waals surface area contributed by atoms with E-state index >= 15 is 0 Å². The van der Waals surface area contributed by atoms with Crippen molar-refractivity contribution in [3.05, 3.63) is 38.9 Å². The van der Waals surface area contributed by atoms with Crippen molar-refractivity contribution in [2.24, 2.45) is 0 Å². The number of aryl methyl sites for hydroxylation is 1. The first-order valence-electron chi connectivity index (χ1n) is 3.89. The number of nitrogens with zero attached hydrogens (tertiary/aromatic N) is 1. The predicted octanol–water partition coefficient (Wildman–Crippen LogP) is 4.07. The first kappa shape index (κ1) is 9.16. The molecule has 1 aromatic heterocycles. The highest BCUT2D eigenvalue weighted by atomic mass is 79.9. The van der Waals surface area contributed by atoms with Crippen molar-refractivity contribution in [2.75, 3.05) is 0 Å². The number of benzene rings is 1. The molecule has 0 N–H and O–H groups in total. The van der Waals surface area contributed by atoms with E-state index in [1.54, 1.807) is 0 Å². The topological polar surface area (TPSA) is 12.9 Å². The van der Waals surface area contributed by atoms with Crippen molar-refractivity contribution >= 4 is 42.8 Å². The molecule has 0 aliphatic carbocycles. The van der Waals surface area contributed by atoms with Crippen molar-refractivity contribution in [1.29, 1.82) is 0 Å². The van der Waals surface area contributed by atoms with Gasteiger partial charge in [0.2, 0.25) is 0 Å². The summed E-state index contributed by atoms with van der Waals surface area (Å²) in [5.74, 6) is 0. The van der Waals surface area contributed by atoms with Crippen LogP contribution < -0.4 is 0 Å². The van der Waals surface area contributed by atoms with Gasteiger partial charge in [-0.05, 0) is 57.0 Å². The maximum Gasteiger partial charge on any atom is 0.107 e. The molecule has 1 nitrogen and oxygen atoms in total. The van der Waals surface area contributed by atoms with Gasteiger partial charge >= 0.3 is 0 Å². The monoisotopic (exact) mass is 299 g/mol. The fraction of sp³-hybridized carbons (Fsp3) is 0.100. The van der Waals surface area contributed by atoms with Crippen LogP contribution in [-0.4, -0.2) is 4.98 Å². The average molecular weight is 301 g/mol. The fourth-order valence-corrected chi connectivity index (χ4v) is 2.53. The first-order chi connectivity index (χ1) is 6.16. The summed E-state index contributed by atoms with van der Waals surface area (Å²) in [7, 11) is 0. The van der Waals surface area contributed by atoms with E-state index in [1.165, 1.54) is 5.56 Å². The van der Waals surface area contributed by atoms with Gasteiger partial charge in [-0.1, -0.05) is 11.6 Å². The number of halogens is 2. The molecule has 13 heavy (non-hydrogen) atoms. The molecule has 0 fully saturated rings. The molecule has 2 rings (SSSR count). The van der Waals surface area contributed by atoms with E-state index in [4.69, 9.17) is 0 Å². The minimum atomic E-state index is 0.857. The Morgan fingerprint density at radius 3 is 2.69 bits per heavy atom. The molecule has 0 radical (unpaired) electrons. The van der Waals surface area contributed by atoms with Gasteiger partial charge < -0.3 is 0 Å². The van der Waals surface area contributed by atoms with Gasteiger partial charge in [-0.3, -0.25) is 0 Å². The molecule has 0 saturated carbocycles. The third-order valence-corrected chi connectivity index (χ3v) is 2.94. The van der Waals surface area contributed by atoms with Crippen molar-refractivity contribution in [3.63, 3.8) is 0 Å². The van der Waals surface area contributed by atoms with Gasteiger partial charge in [0, 0.05) is 9.86 Å². The highest BCUT2D eigenvalue weighted by molar-refractivity contribution is 9.11. The maximum absolute atomic E-state index is 4.36. The summed E-state index contributed by atoms with van der Waals surface area (Å²) in [4.78, 5) is 4.36. The number of pyridine rings is 1. The molecule has 3 heteroatoms. The molecule has 66 valence electrons. The normalized spacial score (nSPS) is 10.7. The van der Waals surface area contributed by atoms with Crippen LogP contribution in [0.1, 0.15) is 5.56 Å². The minimum Gasteiger partial charge on any atom is -0.241 e. The molecule has 0 spiro atoms. The first-order valence-corrected chi connectivity index (χ1v) is 5.48. The van der Waals surface area contributed by atoms with Gasteiger partial charge in [0.25, 0.3) is 0 Å². The molecule has 0 atom stereocenters. The SMILES string of the molecule is Cc1ccc2nc(Br)cc(Br)c2c1. The Hall–Kier alpha value is -0.410. The number of hydrogen-bond donors (Lipinski definition) is 0. The van der Waals surface area contributed by atoms with Gasteiger partial charge in [0.05, 0.1) is 5.52 Å². The Kier molecular flexibility index (Phi) is 2.39. The molecule has 0 amide bonds. The van der Waals surface area contributed by atoms with Crippen LogP contribution >= 0.6 is 31.9 Å². The zero-order valence-electron chi connectivity index (χ0n) is 7.01. The van der Waals surface area contributed by atoms with Crippen LogP contribution in [-0.2, 0) is 0 Å². The van der Waals surface area contributed by atoms with Gasteiger partial charge in [-0.2, -0.15) is 0 Å². The molecular weight excluding hydrogens is 294 g/mol. The second-order valence-electron chi connectivity index (χ2n) is 2.95. The quantitative estimate of drug-likeness (QED) is 0.668. The van der Waals surface area contributed by atoms with Gasteiger partial charge in [-0.15, -0.1) is 0 Å². The summed E-state index contributed by atoms with van der Waals surface area (Å²) < 4.78 is 1.93. The van der Waals surface area contributed by atoms with Crippen LogP contribution in [0.2, 0.25) is 0 Å². The van der Waals surface area contributed by atoms with Gasteiger partial charge in [0.15, 0.2) is 0 Å². The second kappa shape index (κ2) is 3.39. The Labute approximate surface area is 93.4 Å². The van der Waals surface area contributed by atoms with Crippen LogP contribution in [0.4, 0.5) is 0 Å². The third-order valence-electron chi connectivity index (χ3n) is 1.88. The third kappa shape index (κ3) is 1.76. The zero-order chi connectivity index (χ0) is 9.42. The van der Waals surface area contributed by atoms with Crippen LogP contribution in [0.15, 0.2) is 33.3 Å². The summed E-state index contributed by atoms with van der Waals surface area (Å²) in [5, 5.41) is 1.16. The fourth-order valence-electron chi connectivity index (χ4n) is 1.27. The summed E-state index contributed by atoms with van der Waals surface area (Å²) in [5.41, 5.74) is 2.25. The lowest BCUT2D eigenvalue weighted by Crippen LogP contribution is -1.82. The number of rotatable bonds is 0. The Morgan fingerprint density at radius 1 is 1.15 bits per heavy atom. The standard InChI is InChI=1S/C10H7Br2N/c1-6-2-3-9-7(4-6)8(11)5-10(12)13-9/h2-5H,1H3. The van der Waals surface area contributed by atoms with Crippen molar-refractivity contribution in [3.8, 4) is 0 Å². The molecule has 0 aliphatic heterocycles. The van der Waals surface area contributed by atoms with Crippen molar-refractivity contribution < 1.29 is 0 Å². The Balaban J connectivity index is 2.87. The summed E-state index contributed by atoms with van der Waals surface area (Å²) in [6.45, 7) is 2.08. The lowest BCUT2D eigenvalue weighted by molar-refractivity contribution is 1.33. The van der Waals surface area contributed by atoms with Gasteiger partial charge in [0.1, 0.15) is 4.60 Å². The smallest absolute Gasteiger partial charge is 0.107 e. The lowest BCUT2D eigenvalue weighted by Gasteiger charge is -2.01. The molecule has 1 aromatic carbocycles. The minimum absolute atomic E-state index is 0.857. The average Bonchev–Trinajstić information content (AvgIpc) is 2.06. The van der Waals surface area contributed by atoms with E-state index in [9.17, 15) is 0 Å². The lowest BCUT2D eigenvalue weighted by atomic mass is 10.1. The molecule has 1 heterocycles. The second-order valence-corrected chi connectivity index (χ2v) is 4.61. The van der Waals surface area contributed by atoms with Crippen LogP contribution in [0.5, 0.6) is 0 Å². The van der Waals surface area contributed by atoms with Crippen molar-refractivity contribution in [2.45, 2.75) is 6.92 Å². The van der Waals surface area contributed by atoms with Crippen LogP contribution in [0, 0.1) is 6.92 Å². The number of aromatic nitrogens is 1. The summed E-state index contributed by atoms with van der Waals surface area (Å²) >= 11 is 6.87. The maximum atomic E-state index is 4.36. The largest absolute Gasteiger partial charge is 0.241 e. The molecule has 0 unspecified atom stereocenters. The van der Waals surface area contributed by atoms with Crippen LogP contribution in [0.3, 0.4) is 0 Å². The summed E-state index contributed by atoms with van der Waals surface area (Å²) in [6, 6.07) is 8.18. The molecule has 0 saturated heterocycles. The van der Waals surface area contributed by atoms with Crippen LogP contribution in [0.25, 0.3) is 10.9 Å². The van der Waals surface area contributed by atoms with Crippen molar-refractivity contribution in [1.82, 2.24) is 4.98 Å². The predicted molar refractivity (Wildman–Crippen MR) is 61.9 cm³/mol. The number of hydrogen-bond acceptors (Lipinski definition) is 1. The van der Waals surface area contributed by atoms with E-state index < -0.39 is 0 Å². The van der Waals surface area contributed by atoms with Gasteiger partial charge in [-0.25, -0.2) is 4.98 Å². The zero-order valence-corrected chi connectivity index (χ0v) is 10.2. The Bertz CT molecular complexity index is 466. The molecule has 2 aromatic rings. The van der Waals surface area contributed by atoms with E-state index in [1.807, 2.05) is 12.1 Å². The molecular formula is C10H7Br2N. The molecule has 0 aliphatic rings. The van der Waals surface area contributed by atoms with E-state index in [0.29, 0.717) is 0 Å².